The summed E-state index contributed by atoms with van der Waals surface area (Å²) >= 11 is -25.2. The van der Waals surface area contributed by atoms with Crippen molar-refractivity contribution in [1.82, 2.24) is 0 Å². The van der Waals surface area contributed by atoms with E-state index in [0.29, 0.717) is 0 Å². The quantitative estimate of drug-likeness (QED) is 0.123. The van der Waals surface area contributed by atoms with Gasteiger partial charge in [-0.05, 0) is 0 Å². The molecule has 0 aromatic heterocycles. The summed E-state index contributed by atoms with van der Waals surface area (Å²) in [6, 6.07) is 0. The molecule has 0 bridgehead atoms. The first-order chi connectivity index (χ1) is 11.8. The van der Waals surface area contributed by atoms with Crippen LogP contribution < -0.4 is 40.6 Å². The summed E-state index contributed by atoms with van der Waals surface area (Å²) in [5.74, 6) is 0. The van der Waals surface area contributed by atoms with E-state index in [-0.39, 0.29) is 61.0 Å². The van der Waals surface area contributed by atoms with Gasteiger partial charge >= 0.3 is 205 Å². The van der Waals surface area contributed by atoms with Gasteiger partial charge in [-0.1, -0.05) is 0 Å². The van der Waals surface area contributed by atoms with Gasteiger partial charge in [0, 0.05) is 0 Å². The largest absolute Gasteiger partial charge is 2.00 e. The average molecular weight is 1320 g/mol. The summed E-state index contributed by atoms with van der Waals surface area (Å²) < 4.78 is 155. The van der Waals surface area contributed by atoms with Crippen LogP contribution in [-0.2, 0) is 38.5 Å². The zero-order valence-electron chi connectivity index (χ0n) is 15.9. The molecule has 0 rings (SSSR count). The van der Waals surface area contributed by atoms with Crippen molar-refractivity contribution in [2.24, 2.45) is 0 Å². The van der Waals surface area contributed by atoms with Crippen LogP contribution >= 0.6 is 0 Å². The molecule has 0 fully saturated rings. The molecule has 0 atom stereocenters. The Labute approximate surface area is 261 Å². The molecule has 0 amide bonds. The fraction of sp³-hybridized carbons (Fsp3) is 0. The van der Waals surface area contributed by atoms with Crippen LogP contribution in [0.25, 0.3) is 12.3 Å². The van der Waals surface area contributed by atoms with Gasteiger partial charge in [-0.3, -0.25) is 28.2 Å². The summed E-state index contributed by atoms with van der Waals surface area (Å²) in [6.07, 6.45) is 1.50. The minimum Gasteiger partial charge on any atom is 2.00 e. The van der Waals surface area contributed by atoms with Crippen molar-refractivity contribution in [2.45, 2.75) is 0 Å². The first-order valence-electron chi connectivity index (χ1n) is 4.10. The van der Waals surface area contributed by atoms with Gasteiger partial charge in [-0.25, -0.2) is 19.6 Å². The van der Waals surface area contributed by atoms with Gasteiger partial charge in [0.1, 0.15) is 0 Å². The van der Waals surface area contributed by atoms with Crippen molar-refractivity contribution in [3.05, 3.63) is 31.9 Å². The van der Waals surface area contributed by atoms with Crippen LogP contribution in [0.1, 0.15) is 0 Å². The van der Waals surface area contributed by atoms with Crippen LogP contribution in [0.2, 0.25) is 0 Å². The summed E-state index contributed by atoms with van der Waals surface area (Å²) in [7, 11) is 0. The Morgan fingerprint density at radius 2 is 0.417 bits per heavy atom. The molecule has 0 saturated carbocycles. The molecule has 0 aliphatic heterocycles. The van der Waals surface area contributed by atoms with E-state index in [4.69, 9.17) is 58.7 Å². The van der Waals surface area contributed by atoms with E-state index in [2.05, 4.69) is 13.5 Å². The number of halogens is 6. The molecule has 6 radical (unpaired) electrons. The second kappa shape index (κ2) is 107. The third kappa shape index (κ3) is 5320. The van der Waals surface area contributed by atoms with Gasteiger partial charge in [0.2, 0.25) is 0 Å². The van der Waals surface area contributed by atoms with Gasteiger partial charge in [0.15, 0.2) is 0 Å². The number of rotatable bonds is 0. The first-order valence-corrected chi connectivity index (χ1v) is 22.9. The molecule has 33 heteroatoms. The monoisotopic (exact) mass is 1310 g/mol. The number of hydrogen-bond donors (Lipinski definition) is 0. The first kappa shape index (κ1) is 106. The molecule has 240 valence electrons. The van der Waals surface area contributed by atoms with E-state index in [1.807, 2.05) is 0 Å². The molecule has 0 unspecified atom stereocenters. The molecule has 4 N–H and O–H groups in total. The maximum Gasteiger partial charge on any atom is 2.00 e. The SMILES string of the molecule is C=C[CH2-].F.F.F.F.F.F.[NH2-].[NH2-].[O]=[Sb]([O-])[O-].[O]=[Sb]([O-])[O-].[O]=[Sb]([O-])[O-].[O]=[Sb]([O-])[O-].[O]=[Sb]([O-])[O-].[O]=[Sb]([O-])[O-].[Pd+2]. The minimum absolute atomic E-state index is 0. The molecular formula is C3H15F6N2O18PdSb6-13. The summed E-state index contributed by atoms with van der Waals surface area (Å²) in [5, 5.41) is 0. The van der Waals surface area contributed by atoms with Crippen molar-refractivity contribution < 1.29 is 107 Å². The maximum atomic E-state index is 8.60. The predicted molar refractivity (Wildman–Crippen MR) is 79.8 cm³/mol. The molecule has 0 heterocycles. The number of nitrogens with two attached hydrogens (primary N) is 2. The Morgan fingerprint density at radius 1 is 0.417 bits per heavy atom. The molecule has 0 aromatic carbocycles. The smallest absolute Gasteiger partial charge is 2.00 e. The summed E-state index contributed by atoms with van der Waals surface area (Å²) in [4.78, 5) is 0. The van der Waals surface area contributed by atoms with E-state index in [0.717, 1.165) is 0 Å². The maximum absolute atomic E-state index is 8.60. The Bertz CT molecular complexity index is 342. The minimum atomic E-state index is -4.20. The van der Waals surface area contributed by atoms with Crippen LogP contribution in [0.5, 0.6) is 0 Å². The van der Waals surface area contributed by atoms with E-state index >= 15 is 0 Å². The molecular weight excluding hydrogens is 1300 g/mol. The zero-order valence-corrected chi connectivity index (χ0v) is 32.8. The van der Waals surface area contributed by atoms with Gasteiger partial charge < -0.3 is 12.3 Å². The molecule has 0 aromatic rings. The van der Waals surface area contributed by atoms with Crippen molar-refractivity contribution >= 4 is 126 Å². The van der Waals surface area contributed by atoms with Crippen LogP contribution in [0.3, 0.4) is 0 Å². The predicted octanol–water partition coefficient (Wildman–Crippen LogP) is -13.9. The van der Waals surface area contributed by atoms with Gasteiger partial charge in [-0.2, -0.15) is 0 Å². The molecule has 36 heavy (non-hydrogen) atoms. The van der Waals surface area contributed by atoms with Crippen LogP contribution in [0, 0.1) is 6.92 Å². The summed E-state index contributed by atoms with van der Waals surface area (Å²) in [6.45, 7) is 6.50. The molecule has 20 nitrogen and oxygen atoms in total. The van der Waals surface area contributed by atoms with Gasteiger partial charge in [0.05, 0.1) is 0 Å². The molecule has 0 saturated heterocycles. The van der Waals surface area contributed by atoms with Crippen molar-refractivity contribution in [3.63, 3.8) is 0 Å². The zero-order chi connectivity index (χ0) is 24.2. The van der Waals surface area contributed by atoms with Gasteiger partial charge in [-0.15, -0.1) is 0 Å². The Hall–Kier alpha value is 3.00. The second-order valence-electron chi connectivity index (χ2n) is 1.63. The van der Waals surface area contributed by atoms with E-state index < -0.39 is 126 Å². The standard InChI is InChI=1S/C3H5.6FH.2H2N.18O.Pd.6Sb/c1-3-2;;;;;;;;;;;;;;;;;;;;;;;;;;;;;;;;;/h3H,1-2H2;6*1H;2*1H2;;;;;;;;;;;;;;;;;;;;;;;;;/q-1;;;;;;;2*-1;;;;;;;12*-1;+2;;;;;;. The van der Waals surface area contributed by atoms with E-state index in [1.165, 1.54) is 6.08 Å². The van der Waals surface area contributed by atoms with Gasteiger partial charge in [0.25, 0.3) is 0 Å². The number of hydrogen-bond acceptors (Lipinski definition) is 18. The molecule has 0 aliphatic rings. The third-order valence-electron chi connectivity index (χ3n) is 0. The van der Waals surface area contributed by atoms with Crippen LogP contribution in [-0.4, -0.2) is 126 Å². The Kier molecular flexibility index (Phi) is 318. The van der Waals surface area contributed by atoms with E-state index in [9.17, 15) is 0 Å². The average Bonchev–Trinajstić information content (AvgIpc) is 2.22. The Morgan fingerprint density at radius 3 is 0.417 bits per heavy atom. The van der Waals surface area contributed by atoms with Crippen molar-refractivity contribution in [2.75, 3.05) is 0 Å². The number of allylic oxidation sites excluding steroid dienone is 1. The second-order valence-corrected chi connectivity index (χ2v) is 9.29. The summed E-state index contributed by atoms with van der Waals surface area (Å²) in [5.41, 5.74) is 0. The third-order valence-corrected chi connectivity index (χ3v) is 0. The normalized spacial score (nSPS) is 4.67. The molecule has 0 spiro atoms. The molecule has 0 aliphatic carbocycles. The van der Waals surface area contributed by atoms with Crippen LogP contribution in [0.15, 0.2) is 12.7 Å². The van der Waals surface area contributed by atoms with E-state index in [1.54, 1.807) is 0 Å². The fourth-order valence-corrected chi connectivity index (χ4v) is 0. The van der Waals surface area contributed by atoms with Crippen molar-refractivity contribution in [3.8, 4) is 0 Å². The topological polar surface area (TPSA) is 446 Å². The fourth-order valence-electron chi connectivity index (χ4n) is 0. The van der Waals surface area contributed by atoms with Crippen molar-refractivity contribution in [1.29, 1.82) is 0 Å². The van der Waals surface area contributed by atoms with Crippen LogP contribution in [0.4, 0.5) is 28.2 Å². The Balaban J connectivity index is -0.00000000890.